The van der Waals surface area contributed by atoms with Crippen LogP contribution in [0.25, 0.3) is 0 Å². The molecule has 2 aromatic heterocycles. The number of nitrogens with zero attached hydrogens (tertiary/aromatic N) is 5. The Balaban J connectivity index is 1.46. The Kier molecular flexibility index (Phi) is 5.92. The lowest BCUT2D eigenvalue weighted by Gasteiger charge is -2.49. The highest BCUT2D eigenvalue weighted by molar-refractivity contribution is 8.01. The predicted molar refractivity (Wildman–Crippen MR) is 113 cm³/mol. The molecule has 0 aromatic carbocycles. The first-order valence-electron chi connectivity index (χ1n) is 8.84. The van der Waals surface area contributed by atoms with Gasteiger partial charge in [-0.05, 0) is 5.57 Å². The molecule has 1 fully saturated rings. The van der Waals surface area contributed by atoms with Gasteiger partial charge in [-0.3, -0.25) is 14.5 Å². The molecule has 1 saturated heterocycles. The number of nitrogens with two attached hydrogens (primary N) is 1. The van der Waals surface area contributed by atoms with Gasteiger partial charge in [0.15, 0.2) is 16.4 Å². The van der Waals surface area contributed by atoms with E-state index in [-0.39, 0.29) is 16.5 Å². The summed E-state index contributed by atoms with van der Waals surface area (Å²) in [6, 6.07) is -0.939. The van der Waals surface area contributed by atoms with Gasteiger partial charge in [-0.2, -0.15) is 0 Å². The van der Waals surface area contributed by atoms with Gasteiger partial charge in [0.05, 0.1) is 5.69 Å². The lowest BCUT2D eigenvalue weighted by atomic mass is 10.0. The molecule has 5 N–H and O–H groups in total. The second kappa shape index (κ2) is 8.49. The number of nitrogen functional groups attached to an aromatic ring is 1. The van der Waals surface area contributed by atoms with Crippen molar-refractivity contribution in [3.05, 3.63) is 28.7 Å². The number of thioether (sulfide) groups is 2. The maximum Gasteiger partial charge on any atom is 0.352 e. The molecule has 2 aromatic rings. The van der Waals surface area contributed by atoms with Gasteiger partial charge in [0.25, 0.3) is 11.8 Å². The lowest BCUT2D eigenvalue weighted by Crippen LogP contribution is -2.70. The van der Waals surface area contributed by atoms with Crippen LogP contribution in [0.4, 0.5) is 5.13 Å². The first-order chi connectivity index (χ1) is 14.8. The number of carbonyl (C=O) groups excluding carboxylic acids is 2. The number of carboxylic acids is 1. The highest BCUT2D eigenvalue weighted by Crippen LogP contribution is 2.41. The molecule has 4 rings (SSSR count). The van der Waals surface area contributed by atoms with Crippen molar-refractivity contribution in [2.75, 3.05) is 17.2 Å². The van der Waals surface area contributed by atoms with Crippen molar-refractivity contribution in [2.45, 2.75) is 22.7 Å². The summed E-state index contributed by atoms with van der Waals surface area (Å²) in [6.07, 6.45) is -0.0296. The first-order valence-corrected chi connectivity index (χ1v) is 11.8. The molecule has 0 bridgehead atoms. The summed E-state index contributed by atoms with van der Waals surface area (Å²) in [5.41, 5.74) is 6.11. The second-order valence-corrected chi connectivity index (χ2v) is 9.62. The fourth-order valence-electron chi connectivity index (χ4n) is 3.14. The molecule has 0 saturated carbocycles. The number of aromatic nitrogens is 4. The van der Waals surface area contributed by atoms with Crippen molar-refractivity contribution in [1.29, 1.82) is 0 Å². The number of hydrogen-bond donors (Lipinski definition) is 4. The molecular weight excluding hydrogens is 466 g/mol. The number of aliphatic hydroxyl groups is 1. The van der Waals surface area contributed by atoms with E-state index in [1.54, 1.807) is 17.9 Å². The highest BCUT2D eigenvalue weighted by Gasteiger charge is 2.54. The van der Waals surface area contributed by atoms with E-state index in [2.05, 4.69) is 20.5 Å². The minimum Gasteiger partial charge on any atom is -0.477 e. The summed E-state index contributed by atoms with van der Waals surface area (Å²) < 4.78 is 1.71. The molecule has 2 unspecified atom stereocenters. The van der Waals surface area contributed by atoms with Gasteiger partial charge in [0.2, 0.25) is 0 Å². The Morgan fingerprint density at radius 2 is 2.26 bits per heavy atom. The summed E-state index contributed by atoms with van der Waals surface area (Å²) in [5, 5.41) is 31.8. The molecule has 2 amide bonds. The number of anilines is 1. The number of aryl methyl sites for hydroxylation is 1. The van der Waals surface area contributed by atoms with E-state index in [0.29, 0.717) is 22.2 Å². The lowest BCUT2D eigenvalue weighted by molar-refractivity contribution is -0.151. The van der Waals surface area contributed by atoms with Gasteiger partial charge in [-0.1, -0.05) is 11.8 Å². The Hall–Kier alpha value is -2.62. The van der Waals surface area contributed by atoms with Crippen LogP contribution in [0.15, 0.2) is 28.1 Å². The van der Waals surface area contributed by atoms with E-state index in [9.17, 15) is 24.6 Å². The van der Waals surface area contributed by atoms with Crippen molar-refractivity contribution >= 4 is 57.8 Å². The van der Waals surface area contributed by atoms with Crippen LogP contribution >= 0.6 is 34.9 Å². The zero-order chi connectivity index (χ0) is 22.3. The number of β-lactam (4-membered cyclic amide) rings is 1. The second-order valence-electron chi connectivity index (χ2n) is 6.68. The van der Waals surface area contributed by atoms with Crippen LogP contribution in [-0.4, -0.2) is 75.6 Å². The van der Waals surface area contributed by atoms with Crippen LogP contribution in [0.2, 0.25) is 0 Å². The van der Waals surface area contributed by atoms with Gasteiger partial charge in [-0.25, -0.2) is 9.78 Å². The number of carbonyl (C=O) groups is 3. The quantitative estimate of drug-likeness (QED) is 0.293. The van der Waals surface area contributed by atoms with Crippen molar-refractivity contribution in [3.63, 3.8) is 0 Å². The third kappa shape index (κ3) is 4.00. The monoisotopic (exact) mass is 483 g/mol. The molecule has 0 radical (unpaired) electrons. The van der Waals surface area contributed by atoms with Gasteiger partial charge in [0, 0.05) is 23.9 Å². The molecule has 31 heavy (non-hydrogen) atoms. The molecule has 3 atom stereocenters. The summed E-state index contributed by atoms with van der Waals surface area (Å²) in [7, 11) is 1.78. The zero-order valence-corrected chi connectivity index (χ0v) is 18.4. The normalized spacial score (nSPS) is 21.5. The van der Waals surface area contributed by atoms with Gasteiger partial charge < -0.3 is 25.8 Å². The standard InChI is InChI=1S/C16H17N7O5S3/c1-22-5-18-21-16(22)31-3-6-2-29-13-8(12(26)23(13)9(6)14(27)28)20-11(25)10(24)7-4-30-15(17)19-7/h4-5,8,10,13,24H,2-3H2,1H3,(H2,17,19)(H,20,25)(H,27,28)/t8?,10?,13-/m0/s1. The molecule has 12 nitrogen and oxygen atoms in total. The predicted octanol–water partition coefficient (Wildman–Crippen LogP) is -0.582. The number of hydrogen-bond acceptors (Lipinski definition) is 11. The van der Waals surface area contributed by atoms with Crippen LogP contribution in [-0.2, 0) is 21.4 Å². The maximum atomic E-state index is 12.7. The Morgan fingerprint density at radius 1 is 1.48 bits per heavy atom. The zero-order valence-electron chi connectivity index (χ0n) is 16.0. The van der Waals surface area contributed by atoms with Gasteiger partial charge in [0.1, 0.15) is 23.4 Å². The molecule has 2 aliphatic heterocycles. The number of aliphatic carboxylic acids is 1. The molecule has 4 heterocycles. The highest BCUT2D eigenvalue weighted by atomic mass is 32.2. The molecule has 2 aliphatic rings. The van der Waals surface area contributed by atoms with Gasteiger partial charge in [-0.15, -0.1) is 33.3 Å². The maximum absolute atomic E-state index is 12.7. The van der Waals surface area contributed by atoms with E-state index in [4.69, 9.17) is 5.73 Å². The summed E-state index contributed by atoms with van der Waals surface area (Å²) in [4.78, 5) is 42.0. The number of fused-ring (bicyclic) bond motifs is 1. The van der Waals surface area contributed by atoms with E-state index in [0.717, 1.165) is 11.3 Å². The van der Waals surface area contributed by atoms with Crippen LogP contribution < -0.4 is 11.1 Å². The Labute approximate surface area is 187 Å². The van der Waals surface area contributed by atoms with Crippen molar-refractivity contribution in [1.82, 2.24) is 30.0 Å². The minimum atomic E-state index is -1.57. The third-order valence-electron chi connectivity index (χ3n) is 4.66. The molecule has 0 aliphatic carbocycles. The first kappa shape index (κ1) is 21.6. The Bertz CT molecular complexity index is 1080. The van der Waals surface area contributed by atoms with Crippen LogP contribution in [0.5, 0.6) is 0 Å². The fourth-order valence-corrected chi connectivity index (χ4v) is 6.10. The smallest absolute Gasteiger partial charge is 0.352 e. The van der Waals surface area contributed by atoms with Crippen LogP contribution in [0.1, 0.15) is 11.8 Å². The number of amides is 2. The summed E-state index contributed by atoms with van der Waals surface area (Å²) in [6.45, 7) is 0. The molecule has 15 heteroatoms. The minimum absolute atomic E-state index is 0.0817. The molecular formula is C16H17N7O5S3. The van der Waals surface area contributed by atoms with E-state index < -0.39 is 35.3 Å². The third-order valence-corrected chi connectivity index (χ3v) is 7.81. The van der Waals surface area contributed by atoms with E-state index in [1.807, 2.05) is 0 Å². The molecule has 0 spiro atoms. The number of carboxylic acid groups (broad SMARTS) is 1. The van der Waals surface area contributed by atoms with Crippen molar-refractivity contribution < 1.29 is 24.6 Å². The van der Waals surface area contributed by atoms with E-state index in [1.165, 1.54) is 33.8 Å². The average Bonchev–Trinajstić information content (AvgIpc) is 3.36. The molecule has 164 valence electrons. The van der Waals surface area contributed by atoms with Crippen LogP contribution in [0.3, 0.4) is 0 Å². The van der Waals surface area contributed by atoms with E-state index >= 15 is 0 Å². The summed E-state index contributed by atoms with van der Waals surface area (Å²) >= 11 is 3.75. The van der Waals surface area contributed by atoms with Crippen molar-refractivity contribution in [2.24, 2.45) is 7.05 Å². The number of thiazole rings is 1. The number of nitrogens with one attached hydrogen (secondary N) is 1. The summed E-state index contributed by atoms with van der Waals surface area (Å²) in [5.74, 6) is -1.85. The average molecular weight is 484 g/mol. The topological polar surface area (TPSA) is 177 Å². The largest absolute Gasteiger partial charge is 0.477 e. The van der Waals surface area contributed by atoms with Crippen molar-refractivity contribution in [3.8, 4) is 0 Å². The fraction of sp³-hybridized carbons (Fsp3) is 0.375. The SMILES string of the molecule is Cn1cnnc1SCC1=C(C(=O)O)N2C(=O)C(NC(=O)C(O)c3csc(N)n3)[C@@H]2SC1. The number of rotatable bonds is 7. The van der Waals surface area contributed by atoms with Crippen LogP contribution in [0, 0.1) is 0 Å². The number of aliphatic hydroxyl groups excluding tert-OH is 1. The van der Waals surface area contributed by atoms with Gasteiger partial charge >= 0.3 is 5.97 Å². The Morgan fingerprint density at radius 3 is 2.87 bits per heavy atom.